The molecule has 6 heteroatoms. The number of hydrogen-bond donors (Lipinski definition) is 0. The molecular weight excluding hydrogens is 346 g/mol. The average Bonchev–Trinajstić information content (AvgIpc) is 3.20. The SMILES string of the molecule is Clc1ccc(-c2cccc(-c3cn([C@H]4CN5CCC4CC5)nn3)c2)cn1. The second-order valence-corrected chi connectivity index (χ2v) is 7.63. The van der Waals surface area contributed by atoms with Crippen molar-refractivity contribution in [1.29, 1.82) is 0 Å². The zero-order chi connectivity index (χ0) is 17.5. The van der Waals surface area contributed by atoms with E-state index in [0.29, 0.717) is 11.2 Å². The minimum Gasteiger partial charge on any atom is -0.301 e. The molecule has 3 aromatic rings. The lowest BCUT2D eigenvalue weighted by molar-refractivity contribution is 0.0504. The first-order valence-corrected chi connectivity index (χ1v) is 9.50. The number of piperidine rings is 3. The van der Waals surface area contributed by atoms with Crippen LogP contribution in [0.15, 0.2) is 48.8 Å². The summed E-state index contributed by atoms with van der Waals surface area (Å²) in [6.45, 7) is 3.57. The molecule has 26 heavy (non-hydrogen) atoms. The van der Waals surface area contributed by atoms with Gasteiger partial charge in [-0.1, -0.05) is 35.0 Å². The van der Waals surface area contributed by atoms with Gasteiger partial charge in [0.15, 0.2) is 0 Å². The lowest BCUT2D eigenvalue weighted by atomic mass is 9.84. The molecule has 0 N–H and O–H groups in total. The van der Waals surface area contributed by atoms with E-state index in [-0.39, 0.29) is 0 Å². The van der Waals surface area contributed by atoms with Crippen LogP contribution in [0.4, 0.5) is 0 Å². The Morgan fingerprint density at radius 3 is 2.58 bits per heavy atom. The molecule has 5 heterocycles. The molecule has 3 aliphatic rings. The van der Waals surface area contributed by atoms with Crippen molar-refractivity contribution in [3.8, 4) is 22.4 Å². The first-order chi connectivity index (χ1) is 12.8. The monoisotopic (exact) mass is 365 g/mol. The van der Waals surface area contributed by atoms with Crippen molar-refractivity contribution in [2.24, 2.45) is 5.92 Å². The third-order valence-electron chi connectivity index (χ3n) is 5.69. The highest BCUT2D eigenvalue weighted by Crippen LogP contribution is 2.35. The predicted molar refractivity (Wildman–Crippen MR) is 102 cm³/mol. The van der Waals surface area contributed by atoms with Gasteiger partial charge in [0.05, 0.1) is 12.2 Å². The van der Waals surface area contributed by atoms with Crippen molar-refractivity contribution in [1.82, 2.24) is 24.9 Å². The number of aromatic nitrogens is 4. The van der Waals surface area contributed by atoms with E-state index in [2.05, 4.69) is 49.3 Å². The van der Waals surface area contributed by atoms with Crippen molar-refractivity contribution in [3.05, 3.63) is 53.9 Å². The first-order valence-electron chi connectivity index (χ1n) is 9.13. The number of fused-ring (bicyclic) bond motifs is 3. The molecular formula is C20H20ClN5. The molecule has 2 bridgehead atoms. The van der Waals surface area contributed by atoms with Crippen molar-refractivity contribution < 1.29 is 0 Å². The van der Waals surface area contributed by atoms with E-state index in [0.717, 1.165) is 34.8 Å². The van der Waals surface area contributed by atoms with Crippen LogP contribution in [-0.4, -0.2) is 44.5 Å². The Bertz CT molecular complexity index is 912. The smallest absolute Gasteiger partial charge is 0.129 e. The molecule has 0 unspecified atom stereocenters. The molecule has 0 radical (unpaired) electrons. The number of nitrogens with zero attached hydrogens (tertiary/aromatic N) is 5. The number of hydrogen-bond acceptors (Lipinski definition) is 4. The molecule has 6 rings (SSSR count). The Kier molecular flexibility index (Phi) is 3.98. The number of halogens is 1. The normalized spacial score (nSPS) is 24.7. The minimum atomic E-state index is 0.461. The first kappa shape index (κ1) is 16.0. The van der Waals surface area contributed by atoms with Gasteiger partial charge in [-0.05, 0) is 55.6 Å². The van der Waals surface area contributed by atoms with Crippen LogP contribution < -0.4 is 0 Å². The summed E-state index contributed by atoms with van der Waals surface area (Å²) < 4.78 is 2.09. The van der Waals surface area contributed by atoms with Crippen LogP contribution in [0.5, 0.6) is 0 Å². The Balaban J connectivity index is 1.43. The van der Waals surface area contributed by atoms with E-state index in [4.69, 9.17) is 11.6 Å². The summed E-state index contributed by atoms with van der Waals surface area (Å²) in [6, 6.07) is 12.6. The maximum Gasteiger partial charge on any atom is 0.129 e. The topological polar surface area (TPSA) is 46.8 Å². The van der Waals surface area contributed by atoms with Gasteiger partial charge in [0.1, 0.15) is 10.8 Å². The second kappa shape index (κ2) is 6.49. The van der Waals surface area contributed by atoms with Crippen LogP contribution >= 0.6 is 11.6 Å². The van der Waals surface area contributed by atoms with Gasteiger partial charge in [0.2, 0.25) is 0 Å². The van der Waals surface area contributed by atoms with E-state index >= 15 is 0 Å². The van der Waals surface area contributed by atoms with Crippen LogP contribution in [0.25, 0.3) is 22.4 Å². The third kappa shape index (κ3) is 2.91. The van der Waals surface area contributed by atoms with Gasteiger partial charge >= 0.3 is 0 Å². The fourth-order valence-corrected chi connectivity index (χ4v) is 4.32. The fourth-order valence-electron chi connectivity index (χ4n) is 4.21. The highest BCUT2D eigenvalue weighted by molar-refractivity contribution is 6.29. The summed E-state index contributed by atoms with van der Waals surface area (Å²) >= 11 is 5.89. The van der Waals surface area contributed by atoms with Crippen molar-refractivity contribution in [2.45, 2.75) is 18.9 Å². The summed E-state index contributed by atoms with van der Waals surface area (Å²) in [5, 5.41) is 9.42. The Morgan fingerprint density at radius 2 is 1.85 bits per heavy atom. The van der Waals surface area contributed by atoms with E-state index in [9.17, 15) is 0 Å². The molecule has 0 spiro atoms. The molecule has 3 fully saturated rings. The summed E-state index contributed by atoms with van der Waals surface area (Å²) in [4.78, 5) is 6.72. The largest absolute Gasteiger partial charge is 0.301 e. The maximum atomic E-state index is 5.89. The van der Waals surface area contributed by atoms with E-state index < -0.39 is 0 Å². The highest BCUT2D eigenvalue weighted by atomic mass is 35.5. The van der Waals surface area contributed by atoms with Crippen LogP contribution in [0.2, 0.25) is 5.15 Å². The average molecular weight is 366 g/mol. The molecule has 3 aliphatic heterocycles. The van der Waals surface area contributed by atoms with Crippen molar-refractivity contribution in [3.63, 3.8) is 0 Å². The number of pyridine rings is 1. The lowest BCUT2D eigenvalue weighted by Gasteiger charge is -2.44. The Hall–Kier alpha value is -2.24. The van der Waals surface area contributed by atoms with Gasteiger partial charge in [-0.25, -0.2) is 9.67 Å². The zero-order valence-corrected chi connectivity index (χ0v) is 15.2. The van der Waals surface area contributed by atoms with Crippen LogP contribution in [0.3, 0.4) is 0 Å². The summed E-state index contributed by atoms with van der Waals surface area (Å²) in [5.74, 6) is 0.737. The molecule has 1 atom stereocenters. The Labute approximate surface area is 157 Å². The molecule has 3 saturated heterocycles. The van der Waals surface area contributed by atoms with Crippen LogP contribution in [0.1, 0.15) is 18.9 Å². The number of benzene rings is 1. The lowest BCUT2D eigenvalue weighted by Crippen LogP contribution is -2.48. The van der Waals surface area contributed by atoms with Gasteiger partial charge in [-0.2, -0.15) is 0 Å². The molecule has 0 saturated carbocycles. The molecule has 5 nitrogen and oxygen atoms in total. The van der Waals surface area contributed by atoms with Gasteiger partial charge in [-0.15, -0.1) is 5.10 Å². The highest BCUT2D eigenvalue weighted by Gasteiger charge is 2.35. The van der Waals surface area contributed by atoms with Crippen LogP contribution in [-0.2, 0) is 0 Å². The molecule has 1 aromatic carbocycles. The summed E-state index contributed by atoms with van der Waals surface area (Å²) in [6.07, 6.45) is 6.45. The van der Waals surface area contributed by atoms with Gasteiger partial charge < -0.3 is 4.90 Å². The predicted octanol–water partition coefficient (Wildman–Crippen LogP) is 3.93. The zero-order valence-electron chi connectivity index (χ0n) is 14.4. The molecule has 132 valence electrons. The third-order valence-corrected chi connectivity index (χ3v) is 5.91. The standard InChI is InChI=1S/C20H20ClN5/c21-20-5-4-17(11-22-20)15-2-1-3-16(10-15)18-12-26(24-23-18)19-13-25-8-6-14(19)7-9-25/h1-5,10-12,14,19H,6-9,13H2/t19-/m0/s1. The molecule has 0 amide bonds. The van der Waals surface area contributed by atoms with Gasteiger partial charge in [0, 0.05) is 23.9 Å². The molecule has 2 aromatic heterocycles. The van der Waals surface area contributed by atoms with E-state index in [1.165, 1.54) is 25.9 Å². The van der Waals surface area contributed by atoms with Crippen molar-refractivity contribution in [2.75, 3.05) is 19.6 Å². The van der Waals surface area contributed by atoms with Crippen molar-refractivity contribution >= 4 is 11.6 Å². The fraction of sp³-hybridized carbons (Fsp3) is 0.350. The van der Waals surface area contributed by atoms with Gasteiger partial charge in [0.25, 0.3) is 0 Å². The van der Waals surface area contributed by atoms with E-state index in [1.54, 1.807) is 6.20 Å². The molecule has 0 aliphatic carbocycles. The van der Waals surface area contributed by atoms with E-state index in [1.807, 2.05) is 18.2 Å². The second-order valence-electron chi connectivity index (χ2n) is 7.24. The summed E-state index contributed by atoms with van der Waals surface area (Å²) in [5.41, 5.74) is 4.14. The van der Waals surface area contributed by atoms with Crippen LogP contribution in [0, 0.1) is 5.92 Å². The minimum absolute atomic E-state index is 0.461. The van der Waals surface area contributed by atoms with Gasteiger partial charge in [-0.3, -0.25) is 0 Å². The Morgan fingerprint density at radius 1 is 1.00 bits per heavy atom. The summed E-state index contributed by atoms with van der Waals surface area (Å²) in [7, 11) is 0. The number of rotatable bonds is 3. The maximum absolute atomic E-state index is 5.89. The quantitative estimate of drug-likeness (QED) is 0.660.